The van der Waals surface area contributed by atoms with E-state index in [1.165, 1.54) is 5.56 Å². The van der Waals surface area contributed by atoms with Crippen LogP contribution in [0, 0.1) is 0 Å². The van der Waals surface area contributed by atoms with Gasteiger partial charge in [0.05, 0.1) is 18.2 Å². The summed E-state index contributed by atoms with van der Waals surface area (Å²) < 4.78 is 5.12. The van der Waals surface area contributed by atoms with E-state index >= 15 is 0 Å². The van der Waals surface area contributed by atoms with Crippen LogP contribution in [-0.4, -0.2) is 12.2 Å². The lowest BCUT2D eigenvalue weighted by Gasteiger charge is -2.17. The van der Waals surface area contributed by atoms with E-state index in [2.05, 4.69) is 29.7 Å². The average Bonchev–Trinajstić information content (AvgIpc) is 2.48. The third-order valence-electron chi connectivity index (χ3n) is 3.06. The molecule has 0 amide bonds. The molecule has 21 heavy (non-hydrogen) atoms. The Hall–Kier alpha value is -1.78. The Balaban J connectivity index is 1.97. The Kier molecular flexibility index (Phi) is 5.42. The minimum Gasteiger partial charge on any atom is -0.495 e. The Morgan fingerprint density at radius 2 is 1.90 bits per heavy atom. The van der Waals surface area contributed by atoms with Gasteiger partial charge in [0.2, 0.25) is 0 Å². The summed E-state index contributed by atoms with van der Waals surface area (Å²) in [7, 11) is 1.59. The highest BCUT2D eigenvalue weighted by atomic mass is 35.5. The standard InChI is InChI=1S/C16H17ClN2OS/c1-11(12-6-4-3-5-7-12)18-16(21)19-13-8-9-15(20-2)14(17)10-13/h3-11H,1-2H3,(H2,18,19,21). The van der Waals surface area contributed by atoms with Gasteiger partial charge in [-0.2, -0.15) is 0 Å². The van der Waals surface area contributed by atoms with Gasteiger partial charge >= 0.3 is 0 Å². The Morgan fingerprint density at radius 3 is 2.52 bits per heavy atom. The van der Waals surface area contributed by atoms with E-state index in [0.717, 1.165) is 5.69 Å². The van der Waals surface area contributed by atoms with Crippen molar-refractivity contribution < 1.29 is 4.74 Å². The quantitative estimate of drug-likeness (QED) is 0.818. The molecule has 2 aromatic rings. The van der Waals surface area contributed by atoms with E-state index in [-0.39, 0.29) is 6.04 Å². The number of hydrogen-bond acceptors (Lipinski definition) is 2. The molecule has 0 aliphatic carbocycles. The average molecular weight is 321 g/mol. The molecule has 3 nitrogen and oxygen atoms in total. The highest BCUT2D eigenvalue weighted by molar-refractivity contribution is 7.80. The molecule has 0 bridgehead atoms. The summed E-state index contributed by atoms with van der Waals surface area (Å²) in [5.41, 5.74) is 1.99. The van der Waals surface area contributed by atoms with E-state index < -0.39 is 0 Å². The number of ether oxygens (including phenoxy) is 1. The Bertz CT molecular complexity index is 619. The lowest BCUT2D eigenvalue weighted by molar-refractivity contribution is 0.415. The molecular weight excluding hydrogens is 304 g/mol. The van der Waals surface area contributed by atoms with Crippen molar-refractivity contribution in [3.63, 3.8) is 0 Å². The monoisotopic (exact) mass is 320 g/mol. The number of halogens is 1. The Morgan fingerprint density at radius 1 is 1.19 bits per heavy atom. The maximum absolute atomic E-state index is 6.09. The van der Waals surface area contributed by atoms with Crippen molar-refractivity contribution in [1.29, 1.82) is 0 Å². The molecule has 1 atom stereocenters. The first kappa shape index (κ1) is 15.6. The van der Waals surface area contributed by atoms with Crippen LogP contribution in [0.25, 0.3) is 0 Å². The van der Waals surface area contributed by atoms with Crippen molar-refractivity contribution in [1.82, 2.24) is 5.32 Å². The fourth-order valence-electron chi connectivity index (χ4n) is 1.93. The molecule has 2 aromatic carbocycles. The first-order valence-electron chi connectivity index (χ1n) is 6.56. The van der Waals surface area contributed by atoms with Gasteiger partial charge in [-0.3, -0.25) is 0 Å². The van der Waals surface area contributed by atoms with Crippen LogP contribution in [0.1, 0.15) is 18.5 Å². The zero-order valence-corrected chi connectivity index (χ0v) is 13.5. The van der Waals surface area contributed by atoms with Crippen LogP contribution in [0.15, 0.2) is 48.5 Å². The minimum absolute atomic E-state index is 0.125. The van der Waals surface area contributed by atoms with Crippen molar-refractivity contribution in [2.75, 3.05) is 12.4 Å². The van der Waals surface area contributed by atoms with Crippen LogP contribution >= 0.6 is 23.8 Å². The number of nitrogens with one attached hydrogen (secondary N) is 2. The van der Waals surface area contributed by atoms with E-state index in [9.17, 15) is 0 Å². The predicted octanol–water partition coefficient (Wildman–Crippen LogP) is 4.40. The summed E-state index contributed by atoms with van der Waals surface area (Å²) >= 11 is 11.4. The maximum atomic E-state index is 6.09. The third-order valence-corrected chi connectivity index (χ3v) is 3.57. The predicted molar refractivity (Wildman–Crippen MR) is 92.2 cm³/mol. The van der Waals surface area contributed by atoms with E-state index in [0.29, 0.717) is 15.9 Å². The van der Waals surface area contributed by atoms with Crippen molar-refractivity contribution in [2.24, 2.45) is 0 Å². The van der Waals surface area contributed by atoms with Crippen LogP contribution < -0.4 is 15.4 Å². The molecule has 2 rings (SSSR count). The summed E-state index contributed by atoms with van der Waals surface area (Å²) in [4.78, 5) is 0. The highest BCUT2D eigenvalue weighted by Gasteiger charge is 2.07. The van der Waals surface area contributed by atoms with Gasteiger partial charge in [-0.1, -0.05) is 41.9 Å². The zero-order valence-electron chi connectivity index (χ0n) is 11.9. The zero-order chi connectivity index (χ0) is 15.2. The lowest BCUT2D eigenvalue weighted by atomic mass is 10.1. The van der Waals surface area contributed by atoms with Crippen molar-refractivity contribution in [3.05, 3.63) is 59.1 Å². The molecule has 0 aromatic heterocycles. The van der Waals surface area contributed by atoms with Gasteiger partial charge in [0.25, 0.3) is 0 Å². The largest absolute Gasteiger partial charge is 0.495 e. The number of anilines is 1. The number of benzene rings is 2. The molecular formula is C16H17ClN2OS. The van der Waals surface area contributed by atoms with Gasteiger partial charge in [-0.25, -0.2) is 0 Å². The normalized spacial score (nSPS) is 11.6. The van der Waals surface area contributed by atoms with Crippen molar-refractivity contribution >= 4 is 34.6 Å². The van der Waals surface area contributed by atoms with Crippen LogP contribution in [0.3, 0.4) is 0 Å². The molecule has 0 heterocycles. The summed E-state index contributed by atoms with van der Waals surface area (Å²) in [6.45, 7) is 2.06. The molecule has 2 N–H and O–H groups in total. The maximum Gasteiger partial charge on any atom is 0.171 e. The molecule has 5 heteroatoms. The smallest absolute Gasteiger partial charge is 0.171 e. The van der Waals surface area contributed by atoms with Gasteiger partial charge in [0.1, 0.15) is 5.75 Å². The number of rotatable bonds is 4. The SMILES string of the molecule is COc1ccc(NC(=S)NC(C)c2ccccc2)cc1Cl. The number of methoxy groups -OCH3 is 1. The second kappa shape index (κ2) is 7.29. The molecule has 0 aliphatic heterocycles. The lowest BCUT2D eigenvalue weighted by Crippen LogP contribution is -2.30. The summed E-state index contributed by atoms with van der Waals surface area (Å²) in [5, 5.41) is 7.45. The van der Waals surface area contributed by atoms with Gasteiger partial charge in [-0.05, 0) is 42.9 Å². The van der Waals surface area contributed by atoms with Crippen LogP contribution in [-0.2, 0) is 0 Å². The summed E-state index contributed by atoms with van der Waals surface area (Å²) in [6.07, 6.45) is 0. The second-order valence-electron chi connectivity index (χ2n) is 4.58. The minimum atomic E-state index is 0.125. The van der Waals surface area contributed by atoms with Crippen LogP contribution in [0.5, 0.6) is 5.75 Å². The van der Waals surface area contributed by atoms with Crippen LogP contribution in [0.2, 0.25) is 5.02 Å². The molecule has 0 fully saturated rings. The van der Waals surface area contributed by atoms with Gasteiger partial charge in [-0.15, -0.1) is 0 Å². The molecule has 110 valence electrons. The molecule has 1 unspecified atom stereocenters. The first-order valence-corrected chi connectivity index (χ1v) is 7.35. The fourth-order valence-corrected chi connectivity index (χ4v) is 2.49. The first-order chi connectivity index (χ1) is 10.1. The molecule has 0 spiro atoms. The van der Waals surface area contributed by atoms with Gasteiger partial charge in [0, 0.05) is 5.69 Å². The molecule has 0 saturated carbocycles. The number of hydrogen-bond donors (Lipinski definition) is 2. The van der Waals surface area contributed by atoms with E-state index in [1.54, 1.807) is 19.2 Å². The van der Waals surface area contributed by atoms with Gasteiger partial charge in [0.15, 0.2) is 5.11 Å². The van der Waals surface area contributed by atoms with E-state index in [4.69, 9.17) is 28.6 Å². The van der Waals surface area contributed by atoms with Crippen LogP contribution in [0.4, 0.5) is 5.69 Å². The molecule has 0 aliphatic rings. The van der Waals surface area contributed by atoms with Crippen molar-refractivity contribution in [3.8, 4) is 5.75 Å². The molecule has 0 radical (unpaired) electrons. The Labute approximate surface area is 135 Å². The van der Waals surface area contributed by atoms with Crippen molar-refractivity contribution in [2.45, 2.75) is 13.0 Å². The highest BCUT2D eigenvalue weighted by Crippen LogP contribution is 2.27. The summed E-state index contributed by atoms with van der Waals surface area (Å²) in [5.74, 6) is 0.638. The number of thiocarbonyl (C=S) groups is 1. The fraction of sp³-hybridized carbons (Fsp3) is 0.188. The van der Waals surface area contributed by atoms with Gasteiger partial charge < -0.3 is 15.4 Å². The topological polar surface area (TPSA) is 33.3 Å². The van der Waals surface area contributed by atoms with E-state index in [1.807, 2.05) is 24.3 Å². The molecule has 0 saturated heterocycles. The third kappa shape index (κ3) is 4.34. The second-order valence-corrected chi connectivity index (χ2v) is 5.40. The summed E-state index contributed by atoms with van der Waals surface area (Å²) in [6, 6.07) is 15.7.